The van der Waals surface area contributed by atoms with Crippen LogP contribution in [0.5, 0.6) is 0 Å². The van der Waals surface area contributed by atoms with E-state index >= 15 is 0 Å². The topological polar surface area (TPSA) is 128 Å². The first-order valence-corrected chi connectivity index (χ1v) is 5.90. The second kappa shape index (κ2) is 6.06. The van der Waals surface area contributed by atoms with Crippen molar-refractivity contribution in [2.75, 3.05) is 18.2 Å². The summed E-state index contributed by atoms with van der Waals surface area (Å²) in [6, 6.07) is 5.46. The Morgan fingerprint density at radius 2 is 2.19 bits per heavy atom. The largest absolute Gasteiger partial charge is 0.478 e. The number of amides is 1. The predicted molar refractivity (Wildman–Crippen MR) is 73.0 cm³/mol. The van der Waals surface area contributed by atoms with Crippen LogP contribution in [-0.4, -0.2) is 29.2 Å². The number of aromatic carboxylic acids is 1. The smallest absolute Gasteiger partial charge is 0.335 e. The predicted octanol–water partition coefficient (Wildman–Crippen LogP) is 1.35. The second-order valence-electron chi connectivity index (χ2n) is 4.17. The van der Waals surface area contributed by atoms with Crippen LogP contribution in [0.1, 0.15) is 26.6 Å². The summed E-state index contributed by atoms with van der Waals surface area (Å²) in [4.78, 5) is 22.8. The number of nitrogens with two attached hydrogens (primary N) is 1. The molecule has 2 rings (SSSR count). The molecule has 0 saturated heterocycles. The van der Waals surface area contributed by atoms with Crippen LogP contribution in [0.4, 0.5) is 11.4 Å². The van der Waals surface area contributed by atoms with Gasteiger partial charge in [0.2, 0.25) is 0 Å². The zero-order valence-corrected chi connectivity index (χ0v) is 11.1. The van der Waals surface area contributed by atoms with Crippen LogP contribution in [-0.2, 0) is 11.3 Å². The lowest BCUT2D eigenvalue weighted by Gasteiger charge is -2.07. The quantitative estimate of drug-likeness (QED) is 0.709. The average Bonchev–Trinajstić information content (AvgIpc) is 2.90. The number of carboxylic acids is 1. The summed E-state index contributed by atoms with van der Waals surface area (Å²) in [7, 11) is 1.49. The number of anilines is 2. The van der Waals surface area contributed by atoms with Gasteiger partial charge in [-0.3, -0.25) is 4.79 Å². The maximum Gasteiger partial charge on any atom is 0.335 e. The third-order valence-electron chi connectivity index (χ3n) is 2.62. The highest BCUT2D eigenvalue weighted by Gasteiger charge is 2.14. The summed E-state index contributed by atoms with van der Waals surface area (Å²) < 4.78 is 9.75. The molecule has 4 N–H and O–H groups in total. The van der Waals surface area contributed by atoms with Crippen molar-refractivity contribution >= 4 is 23.3 Å². The van der Waals surface area contributed by atoms with Crippen molar-refractivity contribution in [1.82, 2.24) is 5.16 Å². The lowest BCUT2D eigenvalue weighted by atomic mass is 10.1. The zero-order valence-electron chi connectivity index (χ0n) is 11.1. The number of carbonyl (C=O) groups is 2. The third-order valence-corrected chi connectivity index (χ3v) is 2.62. The molecule has 0 spiro atoms. The van der Waals surface area contributed by atoms with Crippen LogP contribution in [0.2, 0.25) is 0 Å². The molecule has 0 aliphatic heterocycles. The molecule has 1 amide bonds. The van der Waals surface area contributed by atoms with Gasteiger partial charge in [0, 0.05) is 13.2 Å². The molecule has 21 heavy (non-hydrogen) atoms. The molecule has 1 heterocycles. The Morgan fingerprint density at radius 3 is 2.81 bits per heavy atom. The number of aromatic nitrogens is 1. The first-order valence-electron chi connectivity index (χ1n) is 5.90. The minimum absolute atomic E-state index is 0.0364. The minimum atomic E-state index is -1.10. The number of nitrogen functional groups attached to an aromatic ring is 1. The highest BCUT2D eigenvalue weighted by molar-refractivity contribution is 6.05. The van der Waals surface area contributed by atoms with Crippen LogP contribution in [0.3, 0.4) is 0 Å². The lowest BCUT2D eigenvalue weighted by molar-refractivity contribution is 0.0696. The van der Waals surface area contributed by atoms with Crippen molar-refractivity contribution in [1.29, 1.82) is 0 Å². The fraction of sp³-hybridized carbons (Fsp3) is 0.154. The van der Waals surface area contributed by atoms with E-state index in [-0.39, 0.29) is 23.6 Å². The summed E-state index contributed by atoms with van der Waals surface area (Å²) >= 11 is 0. The molecule has 0 aliphatic rings. The van der Waals surface area contributed by atoms with Crippen molar-refractivity contribution in [3.63, 3.8) is 0 Å². The summed E-state index contributed by atoms with van der Waals surface area (Å²) in [5, 5.41) is 15.0. The van der Waals surface area contributed by atoms with Crippen molar-refractivity contribution < 1.29 is 24.0 Å². The molecule has 0 fully saturated rings. The Kier molecular flexibility index (Phi) is 4.19. The van der Waals surface area contributed by atoms with E-state index in [9.17, 15) is 9.59 Å². The fourth-order valence-electron chi connectivity index (χ4n) is 1.63. The molecule has 0 unspecified atom stereocenters. The lowest BCUT2D eigenvalue weighted by Crippen LogP contribution is -2.14. The summed E-state index contributed by atoms with van der Waals surface area (Å²) in [6.45, 7) is 0.204. The maximum atomic E-state index is 12.0. The molecular formula is C13H13N3O5. The standard InChI is InChI=1S/C13H13N3O5/c1-20-6-8-5-11(16-21-8)12(17)15-10-3-2-7(13(18)19)4-9(10)14/h2-5H,6,14H2,1H3,(H,15,17)(H,18,19). The molecule has 0 aliphatic carbocycles. The van der Waals surface area contributed by atoms with Gasteiger partial charge in [0.05, 0.1) is 16.9 Å². The summed E-state index contributed by atoms with van der Waals surface area (Å²) in [5.74, 6) is -1.20. The van der Waals surface area contributed by atoms with E-state index in [0.29, 0.717) is 11.4 Å². The fourth-order valence-corrected chi connectivity index (χ4v) is 1.63. The van der Waals surface area contributed by atoms with Gasteiger partial charge in [0.25, 0.3) is 5.91 Å². The zero-order chi connectivity index (χ0) is 15.4. The van der Waals surface area contributed by atoms with Gasteiger partial charge >= 0.3 is 5.97 Å². The number of carboxylic acid groups (broad SMARTS) is 1. The van der Waals surface area contributed by atoms with E-state index in [2.05, 4.69) is 10.5 Å². The first kappa shape index (κ1) is 14.5. The summed E-state index contributed by atoms with van der Waals surface area (Å²) in [5.41, 5.74) is 6.24. The second-order valence-corrected chi connectivity index (χ2v) is 4.17. The molecular weight excluding hydrogens is 278 g/mol. The molecule has 110 valence electrons. The number of methoxy groups -OCH3 is 1. The van der Waals surface area contributed by atoms with Crippen molar-refractivity contribution in [2.24, 2.45) is 0 Å². The van der Waals surface area contributed by atoms with E-state index in [1.165, 1.54) is 31.4 Å². The average molecular weight is 291 g/mol. The molecule has 0 atom stereocenters. The van der Waals surface area contributed by atoms with Gasteiger partial charge in [0.1, 0.15) is 6.61 Å². The number of ether oxygens (including phenoxy) is 1. The Hall–Kier alpha value is -2.87. The van der Waals surface area contributed by atoms with Gasteiger partial charge in [-0.1, -0.05) is 5.16 Å². The highest BCUT2D eigenvalue weighted by atomic mass is 16.5. The Balaban J connectivity index is 2.13. The van der Waals surface area contributed by atoms with Crippen molar-refractivity contribution in [2.45, 2.75) is 6.61 Å². The Morgan fingerprint density at radius 1 is 1.43 bits per heavy atom. The van der Waals surface area contributed by atoms with Crippen molar-refractivity contribution in [3.8, 4) is 0 Å². The summed E-state index contributed by atoms with van der Waals surface area (Å²) in [6.07, 6.45) is 0. The molecule has 2 aromatic rings. The van der Waals surface area contributed by atoms with Gasteiger partial charge < -0.3 is 25.4 Å². The molecule has 8 heteroatoms. The monoisotopic (exact) mass is 291 g/mol. The number of nitrogens with one attached hydrogen (secondary N) is 1. The van der Waals surface area contributed by atoms with Gasteiger partial charge in [-0.15, -0.1) is 0 Å². The van der Waals surface area contributed by atoms with E-state index in [0.717, 1.165) is 0 Å². The van der Waals surface area contributed by atoms with Crippen LogP contribution in [0.15, 0.2) is 28.8 Å². The van der Waals surface area contributed by atoms with E-state index in [1.807, 2.05) is 0 Å². The Bertz CT molecular complexity index is 680. The molecule has 1 aromatic heterocycles. The molecule has 8 nitrogen and oxygen atoms in total. The highest BCUT2D eigenvalue weighted by Crippen LogP contribution is 2.20. The first-order chi connectivity index (χ1) is 10.0. The van der Waals surface area contributed by atoms with Gasteiger partial charge in [-0.2, -0.15) is 0 Å². The number of benzene rings is 1. The van der Waals surface area contributed by atoms with Crippen LogP contribution >= 0.6 is 0 Å². The molecule has 1 aromatic carbocycles. The number of carbonyl (C=O) groups excluding carboxylic acids is 1. The van der Waals surface area contributed by atoms with E-state index in [4.69, 9.17) is 20.1 Å². The van der Waals surface area contributed by atoms with E-state index < -0.39 is 11.9 Å². The van der Waals surface area contributed by atoms with Crippen molar-refractivity contribution in [3.05, 3.63) is 41.3 Å². The number of rotatable bonds is 5. The SMILES string of the molecule is COCc1cc(C(=O)Nc2ccc(C(=O)O)cc2N)no1. The molecule has 0 bridgehead atoms. The van der Waals surface area contributed by atoms with Crippen LogP contribution in [0, 0.1) is 0 Å². The number of hydrogen-bond acceptors (Lipinski definition) is 6. The maximum absolute atomic E-state index is 12.0. The molecule has 0 radical (unpaired) electrons. The van der Waals surface area contributed by atoms with E-state index in [1.54, 1.807) is 0 Å². The third kappa shape index (κ3) is 3.37. The normalized spacial score (nSPS) is 10.3. The van der Waals surface area contributed by atoms with Crippen LogP contribution < -0.4 is 11.1 Å². The number of nitrogens with zero attached hydrogens (tertiary/aromatic N) is 1. The van der Waals surface area contributed by atoms with Gasteiger partial charge in [0.15, 0.2) is 11.5 Å². The number of hydrogen-bond donors (Lipinski definition) is 3. The Labute approximate surface area is 119 Å². The minimum Gasteiger partial charge on any atom is -0.478 e. The molecule has 0 saturated carbocycles. The van der Waals surface area contributed by atoms with Crippen LogP contribution in [0.25, 0.3) is 0 Å². The van der Waals surface area contributed by atoms with Gasteiger partial charge in [-0.05, 0) is 18.2 Å². The van der Waals surface area contributed by atoms with Gasteiger partial charge in [-0.25, -0.2) is 4.79 Å².